The summed E-state index contributed by atoms with van der Waals surface area (Å²) in [5, 5.41) is 3.46. The SMILES string of the molecule is CN1CCOC(CNc2nccn2C2CCCC2)C1. The summed E-state index contributed by atoms with van der Waals surface area (Å²) < 4.78 is 8.08. The molecule has 1 atom stereocenters. The molecule has 106 valence electrons. The number of aromatic nitrogens is 2. The molecule has 2 heterocycles. The fraction of sp³-hybridized carbons (Fsp3) is 0.786. The Hall–Kier alpha value is -1.07. The summed E-state index contributed by atoms with van der Waals surface area (Å²) in [6.45, 7) is 3.71. The highest BCUT2D eigenvalue weighted by Crippen LogP contribution is 2.31. The van der Waals surface area contributed by atoms with Crippen molar-refractivity contribution in [2.24, 2.45) is 0 Å². The second kappa shape index (κ2) is 5.92. The second-order valence-electron chi connectivity index (χ2n) is 5.73. The van der Waals surface area contributed by atoms with E-state index in [9.17, 15) is 0 Å². The number of hydrogen-bond donors (Lipinski definition) is 1. The molecule has 0 aromatic carbocycles. The predicted molar refractivity (Wildman–Crippen MR) is 75.5 cm³/mol. The van der Waals surface area contributed by atoms with E-state index < -0.39 is 0 Å². The summed E-state index contributed by atoms with van der Waals surface area (Å²) in [5.74, 6) is 1.00. The Balaban J connectivity index is 1.56. The molecule has 0 radical (unpaired) electrons. The first-order valence-electron chi connectivity index (χ1n) is 7.40. The first kappa shape index (κ1) is 12.9. The highest BCUT2D eigenvalue weighted by Gasteiger charge is 2.21. The largest absolute Gasteiger partial charge is 0.374 e. The van der Waals surface area contributed by atoms with Crippen LogP contribution in [-0.2, 0) is 4.74 Å². The molecule has 0 amide bonds. The lowest BCUT2D eigenvalue weighted by Crippen LogP contribution is -2.43. The Bertz CT molecular complexity index is 400. The van der Waals surface area contributed by atoms with Crippen molar-refractivity contribution < 1.29 is 4.74 Å². The van der Waals surface area contributed by atoms with Gasteiger partial charge in [0.25, 0.3) is 0 Å². The normalized spacial score (nSPS) is 25.8. The van der Waals surface area contributed by atoms with Crippen LogP contribution in [0.2, 0.25) is 0 Å². The van der Waals surface area contributed by atoms with Crippen molar-refractivity contribution in [1.29, 1.82) is 0 Å². The lowest BCUT2D eigenvalue weighted by atomic mass is 10.2. The van der Waals surface area contributed by atoms with Crippen LogP contribution in [0.4, 0.5) is 5.95 Å². The maximum absolute atomic E-state index is 5.77. The monoisotopic (exact) mass is 264 g/mol. The van der Waals surface area contributed by atoms with Gasteiger partial charge in [0.15, 0.2) is 0 Å². The van der Waals surface area contributed by atoms with Gasteiger partial charge in [0.05, 0.1) is 12.7 Å². The van der Waals surface area contributed by atoms with Gasteiger partial charge in [-0.05, 0) is 19.9 Å². The molecule has 1 aromatic heterocycles. The Kier molecular flexibility index (Phi) is 4.03. The topological polar surface area (TPSA) is 42.3 Å². The number of nitrogens with one attached hydrogen (secondary N) is 1. The maximum Gasteiger partial charge on any atom is 0.203 e. The number of likely N-dealkylation sites (N-methyl/N-ethyl adjacent to an activating group) is 1. The van der Waals surface area contributed by atoms with E-state index in [4.69, 9.17) is 4.74 Å². The van der Waals surface area contributed by atoms with Gasteiger partial charge in [-0.1, -0.05) is 12.8 Å². The highest BCUT2D eigenvalue weighted by molar-refractivity contribution is 5.27. The van der Waals surface area contributed by atoms with Crippen LogP contribution in [0.15, 0.2) is 12.4 Å². The van der Waals surface area contributed by atoms with Crippen LogP contribution < -0.4 is 5.32 Å². The first-order valence-corrected chi connectivity index (χ1v) is 7.40. The van der Waals surface area contributed by atoms with E-state index in [1.54, 1.807) is 0 Å². The zero-order valence-electron chi connectivity index (χ0n) is 11.7. The van der Waals surface area contributed by atoms with Gasteiger partial charge in [0.2, 0.25) is 5.95 Å². The van der Waals surface area contributed by atoms with Crippen LogP contribution in [0, 0.1) is 0 Å². The third kappa shape index (κ3) is 3.09. The van der Waals surface area contributed by atoms with E-state index in [-0.39, 0.29) is 6.10 Å². The van der Waals surface area contributed by atoms with Gasteiger partial charge in [-0.15, -0.1) is 0 Å². The standard InChI is InChI=1S/C14H24N4O/c1-17-8-9-19-13(11-17)10-16-14-15-6-7-18(14)12-4-2-3-5-12/h6-7,12-13H,2-5,8-11H2,1H3,(H,15,16). The predicted octanol–water partition coefficient (Wildman–Crippen LogP) is 1.74. The smallest absolute Gasteiger partial charge is 0.203 e. The Labute approximate surface area is 114 Å². The minimum absolute atomic E-state index is 0.271. The summed E-state index contributed by atoms with van der Waals surface area (Å²) in [6, 6.07) is 0.639. The average Bonchev–Trinajstić information content (AvgIpc) is 3.07. The molecule has 19 heavy (non-hydrogen) atoms. The zero-order valence-corrected chi connectivity index (χ0v) is 11.7. The average molecular weight is 264 g/mol. The molecule has 1 aliphatic heterocycles. The molecule has 3 rings (SSSR count). The number of rotatable bonds is 4. The molecule has 1 unspecified atom stereocenters. The van der Waals surface area contributed by atoms with E-state index in [2.05, 4.69) is 33.0 Å². The molecule has 5 heteroatoms. The number of hydrogen-bond acceptors (Lipinski definition) is 4. The van der Waals surface area contributed by atoms with E-state index in [1.165, 1.54) is 25.7 Å². The van der Waals surface area contributed by atoms with Crippen LogP contribution in [0.25, 0.3) is 0 Å². The summed E-state index contributed by atoms with van der Waals surface area (Å²) >= 11 is 0. The lowest BCUT2D eigenvalue weighted by Gasteiger charge is -2.30. The summed E-state index contributed by atoms with van der Waals surface area (Å²) in [6.07, 6.45) is 9.53. The molecule has 1 saturated carbocycles. The number of ether oxygens (including phenoxy) is 1. The van der Waals surface area contributed by atoms with Crippen molar-refractivity contribution >= 4 is 5.95 Å². The summed E-state index contributed by atoms with van der Waals surface area (Å²) in [5.41, 5.74) is 0. The molecule has 2 aliphatic rings. The third-order valence-corrected chi connectivity index (χ3v) is 4.22. The fourth-order valence-corrected chi connectivity index (χ4v) is 3.12. The molecular formula is C14H24N4O. The minimum atomic E-state index is 0.271. The van der Waals surface area contributed by atoms with Gasteiger partial charge >= 0.3 is 0 Å². The van der Waals surface area contributed by atoms with Crippen molar-refractivity contribution in [3.05, 3.63) is 12.4 Å². The Morgan fingerprint density at radius 3 is 3.05 bits per heavy atom. The third-order valence-electron chi connectivity index (χ3n) is 4.22. The number of morpholine rings is 1. The summed E-state index contributed by atoms with van der Waals surface area (Å²) in [7, 11) is 2.15. The molecule has 1 saturated heterocycles. The molecule has 1 aliphatic carbocycles. The van der Waals surface area contributed by atoms with Gasteiger partial charge in [0.1, 0.15) is 0 Å². The zero-order chi connectivity index (χ0) is 13.1. The van der Waals surface area contributed by atoms with Gasteiger partial charge < -0.3 is 19.5 Å². The van der Waals surface area contributed by atoms with Gasteiger partial charge in [-0.25, -0.2) is 4.98 Å². The molecule has 5 nitrogen and oxygen atoms in total. The molecule has 0 bridgehead atoms. The first-order chi connectivity index (χ1) is 9.33. The molecular weight excluding hydrogens is 240 g/mol. The molecule has 0 spiro atoms. The quantitative estimate of drug-likeness (QED) is 0.899. The number of imidazole rings is 1. The number of anilines is 1. The van der Waals surface area contributed by atoms with Gasteiger partial charge in [0, 0.05) is 38.1 Å². The van der Waals surface area contributed by atoms with Crippen LogP contribution in [-0.4, -0.2) is 53.8 Å². The molecule has 2 fully saturated rings. The van der Waals surface area contributed by atoms with Crippen molar-refractivity contribution in [3.63, 3.8) is 0 Å². The van der Waals surface area contributed by atoms with E-state index in [1.807, 2.05) is 6.20 Å². The lowest BCUT2D eigenvalue weighted by molar-refractivity contribution is -0.0118. The fourth-order valence-electron chi connectivity index (χ4n) is 3.12. The minimum Gasteiger partial charge on any atom is -0.374 e. The van der Waals surface area contributed by atoms with Crippen molar-refractivity contribution in [1.82, 2.24) is 14.5 Å². The van der Waals surface area contributed by atoms with E-state index >= 15 is 0 Å². The van der Waals surface area contributed by atoms with Crippen LogP contribution >= 0.6 is 0 Å². The van der Waals surface area contributed by atoms with Crippen LogP contribution in [0.3, 0.4) is 0 Å². The van der Waals surface area contributed by atoms with Crippen LogP contribution in [0.1, 0.15) is 31.7 Å². The van der Waals surface area contributed by atoms with Crippen molar-refractivity contribution in [2.45, 2.75) is 37.8 Å². The van der Waals surface area contributed by atoms with E-state index in [0.717, 1.165) is 32.2 Å². The van der Waals surface area contributed by atoms with Gasteiger partial charge in [-0.2, -0.15) is 0 Å². The highest BCUT2D eigenvalue weighted by atomic mass is 16.5. The second-order valence-corrected chi connectivity index (χ2v) is 5.73. The van der Waals surface area contributed by atoms with Crippen molar-refractivity contribution in [3.8, 4) is 0 Å². The Morgan fingerprint density at radius 2 is 2.26 bits per heavy atom. The summed E-state index contributed by atoms with van der Waals surface area (Å²) in [4.78, 5) is 6.77. The Morgan fingerprint density at radius 1 is 1.42 bits per heavy atom. The molecule has 1 N–H and O–H groups in total. The van der Waals surface area contributed by atoms with Crippen LogP contribution in [0.5, 0.6) is 0 Å². The number of nitrogens with zero attached hydrogens (tertiary/aromatic N) is 3. The van der Waals surface area contributed by atoms with E-state index in [0.29, 0.717) is 6.04 Å². The van der Waals surface area contributed by atoms with Gasteiger partial charge in [-0.3, -0.25) is 0 Å². The molecule has 1 aromatic rings. The van der Waals surface area contributed by atoms with Crippen molar-refractivity contribution in [2.75, 3.05) is 38.6 Å². The maximum atomic E-state index is 5.77.